The predicted octanol–water partition coefficient (Wildman–Crippen LogP) is 2.46. The molecule has 7 nitrogen and oxygen atoms in total. The van der Waals surface area contributed by atoms with Crippen LogP contribution in [-0.2, 0) is 0 Å². The standard InChI is InChI=1S/C15H10ClN3O4/c16-7-3-4-8-10(6-7)18-13(11(12(8)20)15(22)23)19-14(21)9-2-1-5-17-9/h1-6,17H,(H,22,23)(H2,18,19,20,21). The second kappa shape index (κ2) is 5.62. The van der Waals surface area contributed by atoms with E-state index >= 15 is 0 Å². The highest BCUT2D eigenvalue weighted by atomic mass is 35.5. The summed E-state index contributed by atoms with van der Waals surface area (Å²) < 4.78 is 0. The summed E-state index contributed by atoms with van der Waals surface area (Å²) in [5.41, 5.74) is -0.688. The first-order valence-electron chi connectivity index (χ1n) is 6.51. The number of halogens is 1. The molecule has 8 heteroatoms. The van der Waals surface area contributed by atoms with Gasteiger partial charge < -0.3 is 20.4 Å². The smallest absolute Gasteiger partial charge is 0.343 e. The molecule has 0 aliphatic rings. The molecule has 23 heavy (non-hydrogen) atoms. The molecule has 0 aliphatic heterocycles. The summed E-state index contributed by atoms with van der Waals surface area (Å²) in [7, 11) is 0. The fraction of sp³-hybridized carbons (Fsp3) is 0. The lowest BCUT2D eigenvalue weighted by atomic mass is 10.1. The van der Waals surface area contributed by atoms with Gasteiger partial charge in [-0.15, -0.1) is 0 Å². The lowest BCUT2D eigenvalue weighted by Gasteiger charge is -2.10. The number of aromatic nitrogens is 2. The Morgan fingerprint density at radius 1 is 1.22 bits per heavy atom. The first-order chi connectivity index (χ1) is 11.0. The molecule has 0 spiro atoms. The molecule has 0 aliphatic carbocycles. The molecule has 3 rings (SSSR count). The molecule has 1 aromatic carbocycles. The highest BCUT2D eigenvalue weighted by Gasteiger charge is 2.20. The van der Waals surface area contributed by atoms with E-state index in [0.717, 1.165) is 0 Å². The highest BCUT2D eigenvalue weighted by Crippen LogP contribution is 2.20. The third kappa shape index (κ3) is 2.69. The molecule has 0 saturated heterocycles. The largest absolute Gasteiger partial charge is 0.477 e. The van der Waals surface area contributed by atoms with E-state index < -0.39 is 22.9 Å². The second-order valence-corrected chi connectivity index (χ2v) is 5.17. The third-order valence-corrected chi connectivity index (χ3v) is 3.49. The average Bonchev–Trinajstić information content (AvgIpc) is 3.00. The van der Waals surface area contributed by atoms with Crippen LogP contribution in [0.15, 0.2) is 41.3 Å². The highest BCUT2D eigenvalue weighted by molar-refractivity contribution is 6.31. The molecular weight excluding hydrogens is 322 g/mol. The number of hydrogen-bond donors (Lipinski definition) is 4. The number of carbonyl (C=O) groups is 2. The lowest BCUT2D eigenvalue weighted by Crippen LogP contribution is -2.23. The summed E-state index contributed by atoms with van der Waals surface area (Å²) in [5, 5.41) is 12.2. The quantitative estimate of drug-likeness (QED) is 0.590. The van der Waals surface area contributed by atoms with Crippen molar-refractivity contribution < 1.29 is 14.7 Å². The number of fused-ring (bicyclic) bond motifs is 1. The van der Waals surface area contributed by atoms with E-state index in [2.05, 4.69) is 15.3 Å². The number of anilines is 1. The van der Waals surface area contributed by atoms with Gasteiger partial charge in [-0.05, 0) is 30.3 Å². The molecule has 0 bridgehead atoms. The van der Waals surface area contributed by atoms with E-state index in [0.29, 0.717) is 10.5 Å². The Kier molecular flexibility index (Phi) is 3.63. The topological polar surface area (TPSA) is 115 Å². The minimum Gasteiger partial charge on any atom is -0.477 e. The van der Waals surface area contributed by atoms with Crippen molar-refractivity contribution in [2.45, 2.75) is 0 Å². The lowest BCUT2D eigenvalue weighted by molar-refractivity contribution is 0.0696. The van der Waals surface area contributed by atoms with Crippen molar-refractivity contribution in [3.8, 4) is 0 Å². The Labute approximate surface area is 133 Å². The summed E-state index contributed by atoms with van der Waals surface area (Å²) in [6.45, 7) is 0. The maximum atomic E-state index is 12.4. The minimum absolute atomic E-state index is 0.171. The van der Waals surface area contributed by atoms with Crippen molar-refractivity contribution in [2.24, 2.45) is 0 Å². The molecule has 4 N–H and O–H groups in total. The molecule has 0 atom stereocenters. The number of pyridine rings is 1. The number of H-pyrrole nitrogens is 2. The summed E-state index contributed by atoms with van der Waals surface area (Å²) in [5.74, 6) is -2.21. The number of amides is 1. The first kappa shape index (κ1) is 14.9. The van der Waals surface area contributed by atoms with Crippen molar-refractivity contribution in [3.63, 3.8) is 0 Å². The normalized spacial score (nSPS) is 10.7. The van der Waals surface area contributed by atoms with Crippen LogP contribution in [0.1, 0.15) is 20.8 Å². The summed E-state index contributed by atoms with van der Waals surface area (Å²) >= 11 is 5.88. The van der Waals surface area contributed by atoms with Gasteiger partial charge in [-0.1, -0.05) is 11.6 Å². The van der Waals surface area contributed by atoms with Crippen LogP contribution in [0.25, 0.3) is 10.9 Å². The fourth-order valence-electron chi connectivity index (χ4n) is 2.21. The van der Waals surface area contributed by atoms with Gasteiger partial charge in [0.15, 0.2) is 0 Å². The maximum Gasteiger partial charge on any atom is 0.343 e. The van der Waals surface area contributed by atoms with Crippen molar-refractivity contribution in [1.29, 1.82) is 0 Å². The zero-order chi connectivity index (χ0) is 16.6. The van der Waals surface area contributed by atoms with Gasteiger partial charge in [-0.25, -0.2) is 4.79 Å². The van der Waals surface area contributed by atoms with Crippen LogP contribution in [0.4, 0.5) is 5.82 Å². The molecule has 1 amide bonds. The molecule has 2 heterocycles. The number of nitrogens with one attached hydrogen (secondary N) is 3. The number of hydrogen-bond acceptors (Lipinski definition) is 3. The molecule has 116 valence electrons. The van der Waals surface area contributed by atoms with Crippen LogP contribution in [0, 0.1) is 0 Å². The number of carboxylic acid groups (broad SMARTS) is 1. The zero-order valence-electron chi connectivity index (χ0n) is 11.5. The Balaban J connectivity index is 2.18. The third-order valence-electron chi connectivity index (χ3n) is 3.26. The van der Waals surface area contributed by atoms with Crippen LogP contribution in [0.5, 0.6) is 0 Å². The number of carbonyl (C=O) groups excluding carboxylic acids is 1. The van der Waals surface area contributed by atoms with E-state index in [1.807, 2.05) is 0 Å². The van der Waals surface area contributed by atoms with Crippen molar-refractivity contribution in [3.05, 3.63) is 63.0 Å². The summed E-state index contributed by atoms with van der Waals surface area (Å²) in [4.78, 5) is 41.3. The summed E-state index contributed by atoms with van der Waals surface area (Å²) in [6.07, 6.45) is 1.55. The minimum atomic E-state index is -1.44. The van der Waals surface area contributed by atoms with Gasteiger partial charge in [0, 0.05) is 16.6 Å². The molecular formula is C15H10ClN3O4. The predicted molar refractivity (Wildman–Crippen MR) is 85.3 cm³/mol. The van der Waals surface area contributed by atoms with Crippen LogP contribution in [0.3, 0.4) is 0 Å². The van der Waals surface area contributed by atoms with Crippen LogP contribution >= 0.6 is 11.6 Å². The molecule has 3 aromatic rings. The van der Waals surface area contributed by atoms with Gasteiger partial charge in [0.2, 0.25) is 5.43 Å². The van der Waals surface area contributed by atoms with Crippen LogP contribution in [0.2, 0.25) is 5.02 Å². The molecule has 0 saturated carbocycles. The zero-order valence-corrected chi connectivity index (χ0v) is 12.3. The van der Waals surface area contributed by atoms with Gasteiger partial charge in [-0.2, -0.15) is 0 Å². The second-order valence-electron chi connectivity index (χ2n) is 4.74. The van der Waals surface area contributed by atoms with E-state index in [-0.39, 0.29) is 16.9 Å². The molecule has 0 fully saturated rings. The number of rotatable bonds is 3. The van der Waals surface area contributed by atoms with Gasteiger partial charge >= 0.3 is 5.97 Å². The van der Waals surface area contributed by atoms with Crippen LogP contribution < -0.4 is 10.7 Å². The van der Waals surface area contributed by atoms with Crippen molar-refractivity contribution in [2.75, 3.05) is 5.32 Å². The molecule has 0 radical (unpaired) electrons. The maximum absolute atomic E-state index is 12.4. The van der Waals surface area contributed by atoms with Crippen molar-refractivity contribution >= 4 is 40.2 Å². The van der Waals surface area contributed by atoms with Gasteiger partial charge in [0.25, 0.3) is 5.91 Å². The number of aromatic amines is 2. The van der Waals surface area contributed by atoms with Gasteiger partial charge in [-0.3, -0.25) is 9.59 Å². The SMILES string of the molecule is O=C(Nc1[nH]c2cc(Cl)ccc2c(=O)c1C(=O)O)c1ccc[nH]1. The first-order valence-corrected chi connectivity index (χ1v) is 6.88. The van der Waals surface area contributed by atoms with E-state index in [4.69, 9.17) is 11.6 Å². The fourth-order valence-corrected chi connectivity index (χ4v) is 2.39. The Hall–Kier alpha value is -3.06. The monoisotopic (exact) mass is 331 g/mol. The molecule has 0 unspecified atom stereocenters. The Bertz CT molecular complexity index is 976. The number of carboxylic acids is 1. The number of aromatic carboxylic acids is 1. The van der Waals surface area contributed by atoms with E-state index in [1.54, 1.807) is 12.3 Å². The molecule has 2 aromatic heterocycles. The van der Waals surface area contributed by atoms with Gasteiger partial charge in [0.05, 0.1) is 5.52 Å². The van der Waals surface area contributed by atoms with Crippen molar-refractivity contribution in [1.82, 2.24) is 9.97 Å². The Morgan fingerprint density at radius 2 is 2.00 bits per heavy atom. The van der Waals surface area contributed by atoms with E-state index in [1.165, 1.54) is 24.3 Å². The Morgan fingerprint density at radius 3 is 2.65 bits per heavy atom. The number of benzene rings is 1. The summed E-state index contributed by atoms with van der Waals surface area (Å²) in [6, 6.07) is 7.54. The van der Waals surface area contributed by atoms with Gasteiger partial charge in [0.1, 0.15) is 17.1 Å². The average molecular weight is 332 g/mol. The van der Waals surface area contributed by atoms with E-state index in [9.17, 15) is 19.5 Å². The van der Waals surface area contributed by atoms with Crippen LogP contribution in [-0.4, -0.2) is 27.0 Å².